The van der Waals surface area contributed by atoms with Gasteiger partial charge in [0.15, 0.2) is 6.10 Å². The van der Waals surface area contributed by atoms with E-state index in [1.165, 1.54) is 0 Å². The molecule has 0 heterocycles. The first-order valence-corrected chi connectivity index (χ1v) is 6.29. The van der Waals surface area contributed by atoms with Gasteiger partial charge in [-0.2, -0.15) is 13.2 Å². The summed E-state index contributed by atoms with van der Waals surface area (Å²) in [5.41, 5.74) is 7.23. The zero-order chi connectivity index (χ0) is 14.6. The fraction of sp³-hybridized carbons (Fsp3) is 0.571. The zero-order valence-electron chi connectivity index (χ0n) is 11.4. The fourth-order valence-electron chi connectivity index (χ4n) is 1.97. The van der Waals surface area contributed by atoms with Crippen molar-refractivity contribution < 1.29 is 17.9 Å². The van der Waals surface area contributed by atoms with E-state index < -0.39 is 12.3 Å². The number of hydrogen-bond acceptors (Lipinski definition) is 2. The zero-order valence-corrected chi connectivity index (χ0v) is 11.4. The van der Waals surface area contributed by atoms with Crippen LogP contribution in [0.3, 0.4) is 0 Å². The van der Waals surface area contributed by atoms with E-state index in [0.29, 0.717) is 5.92 Å². The minimum Gasteiger partial charge on any atom is -0.481 e. The van der Waals surface area contributed by atoms with Crippen LogP contribution in [0.15, 0.2) is 18.2 Å². The molecule has 0 bridgehead atoms. The third kappa shape index (κ3) is 4.42. The maximum Gasteiger partial charge on any atom is 0.425 e. The number of benzene rings is 1. The van der Waals surface area contributed by atoms with Gasteiger partial charge in [-0.15, -0.1) is 0 Å². The van der Waals surface area contributed by atoms with Crippen LogP contribution in [0.5, 0.6) is 5.75 Å². The Morgan fingerprint density at radius 2 is 1.89 bits per heavy atom. The largest absolute Gasteiger partial charge is 0.481 e. The Kier molecular flexibility index (Phi) is 5.23. The molecule has 0 saturated heterocycles. The predicted octanol–water partition coefficient (Wildman–Crippen LogP) is 3.78. The molecule has 0 amide bonds. The van der Waals surface area contributed by atoms with Gasteiger partial charge >= 0.3 is 6.18 Å². The Hall–Kier alpha value is -1.23. The van der Waals surface area contributed by atoms with Gasteiger partial charge in [-0.3, -0.25) is 0 Å². The summed E-state index contributed by atoms with van der Waals surface area (Å²) in [4.78, 5) is 0. The van der Waals surface area contributed by atoms with Crippen LogP contribution in [-0.2, 0) is 0 Å². The van der Waals surface area contributed by atoms with Crippen LogP contribution in [0.2, 0.25) is 0 Å². The monoisotopic (exact) mass is 275 g/mol. The molecule has 0 fully saturated rings. The molecule has 0 aromatic heterocycles. The van der Waals surface area contributed by atoms with E-state index in [1.54, 1.807) is 12.1 Å². The average molecular weight is 275 g/mol. The number of aryl methyl sites for hydroxylation is 1. The van der Waals surface area contributed by atoms with Crippen LogP contribution in [0.4, 0.5) is 13.2 Å². The molecular formula is C14H20F3NO. The van der Waals surface area contributed by atoms with E-state index in [2.05, 4.69) is 0 Å². The first-order valence-electron chi connectivity index (χ1n) is 6.29. The lowest BCUT2D eigenvalue weighted by Crippen LogP contribution is -2.36. The summed E-state index contributed by atoms with van der Waals surface area (Å²) in [6.45, 7) is 5.88. The van der Waals surface area contributed by atoms with E-state index >= 15 is 0 Å². The number of ether oxygens (including phenoxy) is 1. The number of rotatable bonds is 5. The maximum absolute atomic E-state index is 12.7. The summed E-state index contributed by atoms with van der Waals surface area (Å²) in [5.74, 6) is 0.564. The molecule has 1 rings (SSSR count). The molecule has 0 aliphatic carbocycles. The molecule has 1 aromatic carbocycles. The average Bonchev–Trinajstić information content (AvgIpc) is 2.26. The summed E-state index contributed by atoms with van der Waals surface area (Å²) >= 11 is 0. The second-order valence-electron chi connectivity index (χ2n) is 4.90. The Morgan fingerprint density at radius 1 is 1.26 bits per heavy atom. The highest BCUT2D eigenvalue weighted by Gasteiger charge is 2.41. The van der Waals surface area contributed by atoms with Crippen molar-refractivity contribution in [2.75, 3.05) is 6.54 Å². The molecule has 19 heavy (non-hydrogen) atoms. The minimum absolute atomic E-state index is 0.0623. The van der Waals surface area contributed by atoms with Gasteiger partial charge in [0.05, 0.1) is 0 Å². The normalized spacial score (nSPS) is 13.7. The lowest BCUT2D eigenvalue weighted by atomic mass is 9.98. The van der Waals surface area contributed by atoms with Gasteiger partial charge in [0, 0.05) is 6.42 Å². The van der Waals surface area contributed by atoms with Crippen LogP contribution in [0.25, 0.3) is 0 Å². The third-order valence-corrected chi connectivity index (χ3v) is 2.94. The molecule has 1 aromatic rings. The fourth-order valence-corrected chi connectivity index (χ4v) is 1.97. The van der Waals surface area contributed by atoms with Gasteiger partial charge in [-0.1, -0.05) is 19.9 Å². The van der Waals surface area contributed by atoms with Crippen molar-refractivity contribution in [3.05, 3.63) is 29.3 Å². The summed E-state index contributed by atoms with van der Waals surface area (Å²) < 4.78 is 43.2. The van der Waals surface area contributed by atoms with E-state index in [9.17, 15) is 13.2 Å². The molecule has 2 nitrogen and oxygen atoms in total. The second kappa shape index (κ2) is 6.28. The lowest BCUT2D eigenvalue weighted by molar-refractivity contribution is -0.196. The first kappa shape index (κ1) is 15.8. The second-order valence-corrected chi connectivity index (χ2v) is 4.90. The highest BCUT2D eigenvalue weighted by Crippen LogP contribution is 2.29. The van der Waals surface area contributed by atoms with Gasteiger partial charge in [-0.05, 0) is 42.6 Å². The third-order valence-electron chi connectivity index (χ3n) is 2.94. The standard InChI is InChI=1S/C14H20F3NO/c1-9(2)12-5-4-11(8-10(12)3)19-13(6-7-18)14(15,16)17/h4-5,8-9,13H,6-7,18H2,1-3H3. The highest BCUT2D eigenvalue weighted by atomic mass is 19.4. The molecule has 0 aliphatic heterocycles. The Morgan fingerprint density at radius 3 is 2.32 bits per heavy atom. The van der Waals surface area contributed by atoms with Crippen LogP contribution in [0, 0.1) is 6.92 Å². The van der Waals surface area contributed by atoms with Crippen molar-refractivity contribution >= 4 is 0 Å². The number of halogens is 3. The summed E-state index contributed by atoms with van der Waals surface area (Å²) in [6.07, 6.45) is -6.49. The summed E-state index contributed by atoms with van der Waals surface area (Å²) in [5, 5.41) is 0. The van der Waals surface area contributed by atoms with Crippen molar-refractivity contribution in [3.63, 3.8) is 0 Å². The van der Waals surface area contributed by atoms with Crippen molar-refractivity contribution in [2.24, 2.45) is 5.73 Å². The molecule has 1 unspecified atom stereocenters. The number of alkyl halides is 3. The Labute approximate surface area is 111 Å². The van der Waals surface area contributed by atoms with Gasteiger partial charge in [0.1, 0.15) is 5.75 Å². The number of hydrogen-bond donors (Lipinski definition) is 1. The van der Waals surface area contributed by atoms with Gasteiger partial charge in [0.2, 0.25) is 0 Å². The van der Waals surface area contributed by atoms with Crippen LogP contribution < -0.4 is 10.5 Å². The van der Waals surface area contributed by atoms with Crippen molar-refractivity contribution in [3.8, 4) is 5.75 Å². The van der Waals surface area contributed by atoms with E-state index in [4.69, 9.17) is 10.5 Å². The van der Waals surface area contributed by atoms with Crippen LogP contribution in [0.1, 0.15) is 37.3 Å². The summed E-state index contributed by atoms with van der Waals surface area (Å²) in [6, 6.07) is 5.04. The lowest BCUT2D eigenvalue weighted by Gasteiger charge is -2.22. The SMILES string of the molecule is Cc1cc(OC(CCN)C(F)(F)F)ccc1C(C)C. The van der Waals surface area contributed by atoms with E-state index in [0.717, 1.165) is 11.1 Å². The molecule has 1 atom stereocenters. The van der Waals surface area contributed by atoms with Crippen LogP contribution in [-0.4, -0.2) is 18.8 Å². The topological polar surface area (TPSA) is 35.2 Å². The molecule has 0 saturated carbocycles. The van der Waals surface area contributed by atoms with E-state index in [1.807, 2.05) is 26.8 Å². The molecule has 5 heteroatoms. The molecular weight excluding hydrogens is 255 g/mol. The Balaban J connectivity index is 2.89. The highest BCUT2D eigenvalue weighted by molar-refractivity contribution is 5.36. The van der Waals surface area contributed by atoms with Crippen molar-refractivity contribution in [1.82, 2.24) is 0 Å². The molecule has 0 radical (unpaired) electrons. The predicted molar refractivity (Wildman–Crippen MR) is 69.4 cm³/mol. The smallest absolute Gasteiger partial charge is 0.425 e. The maximum atomic E-state index is 12.7. The molecule has 0 spiro atoms. The number of nitrogens with two attached hydrogens (primary N) is 1. The molecule has 108 valence electrons. The molecule has 2 N–H and O–H groups in total. The summed E-state index contributed by atoms with van der Waals surface area (Å²) in [7, 11) is 0. The van der Waals surface area contributed by atoms with Gasteiger partial charge in [0.25, 0.3) is 0 Å². The van der Waals surface area contributed by atoms with Crippen molar-refractivity contribution in [2.45, 2.75) is 45.4 Å². The quantitative estimate of drug-likeness (QED) is 0.887. The Bertz CT molecular complexity index is 416. The van der Waals surface area contributed by atoms with Gasteiger partial charge in [-0.25, -0.2) is 0 Å². The molecule has 0 aliphatic rings. The van der Waals surface area contributed by atoms with E-state index in [-0.39, 0.29) is 18.7 Å². The van der Waals surface area contributed by atoms with Crippen LogP contribution >= 0.6 is 0 Å². The minimum atomic E-state index is -4.40. The van der Waals surface area contributed by atoms with Gasteiger partial charge < -0.3 is 10.5 Å². The van der Waals surface area contributed by atoms with Crippen molar-refractivity contribution in [1.29, 1.82) is 0 Å². The first-order chi connectivity index (χ1) is 8.75.